The number of methoxy groups -OCH3 is 1. The molecule has 0 spiro atoms. The van der Waals surface area contributed by atoms with Gasteiger partial charge in [0.2, 0.25) is 0 Å². The lowest BCUT2D eigenvalue weighted by Gasteiger charge is -2.39. The molecule has 0 amide bonds. The fourth-order valence-corrected chi connectivity index (χ4v) is 3.67. The van der Waals surface area contributed by atoms with Gasteiger partial charge in [0.05, 0.1) is 29.0 Å². The third-order valence-electron chi connectivity index (χ3n) is 4.40. The predicted octanol–water partition coefficient (Wildman–Crippen LogP) is 2.90. The van der Waals surface area contributed by atoms with Gasteiger partial charge in [-0.3, -0.25) is 9.48 Å². The Labute approximate surface area is 134 Å². The first-order valence-corrected chi connectivity index (χ1v) is 8.29. The molecule has 0 aromatic carbocycles. The minimum absolute atomic E-state index is 0.158. The second kappa shape index (κ2) is 6.48. The molecule has 0 bridgehead atoms. The largest absolute Gasteiger partial charge is 0.468 e. The standard InChI is InChI=1S/C15H24BrN3O2/c1-5-17-15(14(20)21-4)8-6-7-12(9-15)19-11(3)13(16)10(2)18-19/h12,17H,5-9H2,1-4H3. The first-order chi connectivity index (χ1) is 9.95. The topological polar surface area (TPSA) is 56.1 Å². The van der Waals surface area contributed by atoms with E-state index in [0.717, 1.165) is 48.1 Å². The lowest BCUT2D eigenvalue weighted by molar-refractivity contribution is -0.150. The van der Waals surface area contributed by atoms with Crippen molar-refractivity contribution in [2.45, 2.75) is 58.0 Å². The summed E-state index contributed by atoms with van der Waals surface area (Å²) in [6.45, 7) is 6.83. The molecule has 1 aliphatic rings. The number of nitrogens with one attached hydrogen (secondary N) is 1. The summed E-state index contributed by atoms with van der Waals surface area (Å²) in [5, 5.41) is 8.00. The molecule has 5 nitrogen and oxygen atoms in total. The first kappa shape index (κ1) is 16.5. The van der Waals surface area contributed by atoms with Crippen molar-refractivity contribution in [3.8, 4) is 0 Å². The molecule has 1 saturated carbocycles. The van der Waals surface area contributed by atoms with Crippen LogP contribution in [0.5, 0.6) is 0 Å². The number of nitrogens with zero attached hydrogens (tertiary/aromatic N) is 2. The molecule has 1 N–H and O–H groups in total. The van der Waals surface area contributed by atoms with E-state index < -0.39 is 5.54 Å². The van der Waals surface area contributed by atoms with Crippen molar-refractivity contribution < 1.29 is 9.53 Å². The molecule has 0 radical (unpaired) electrons. The number of esters is 1. The van der Waals surface area contributed by atoms with Crippen LogP contribution in [0.4, 0.5) is 0 Å². The maximum atomic E-state index is 12.3. The van der Waals surface area contributed by atoms with Crippen LogP contribution in [0, 0.1) is 13.8 Å². The zero-order valence-electron chi connectivity index (χ0n) is 13.2. The minimum Gasteiger partial charge on any atom is -0.468 e. The Morgan fingerprint density at radius 1 is 1.57 bits per heavy atom. The molecule has 1 aromatic heterocycles. The van der Waals surface area contributed by atoms with Gasteiger partial charge >= 0.3 is 5.97 Å². The number of hydrogen-bond donors (Lipinski definition) is 1. The zero-order chi connectivity index (χ0) is 15.6. The van der Waals surface area contributed by atoms with Gasteiger partial charge in [0.1, 0.15) is 5.54 Å². The number of rotatable bonds is 4. The lowest BCUT2D eigenvalue weighted by Crippen LogP contribution is -2.55. The molecule has 2 rings (SSSR count). The zero-order valence-corrected chi connectivity index (χ0v) is 14.8. The van der Waals surface area contributed by atoms with Gasteiger partial charge in [0.15, 0.2) is 0 Å². The molecule has 6 heteroatoms. The monoisotopic (exact) mass is 357 g/mol. The number of hydrogen-bond acceptors (Lipinski definition) is 4. The maximum Gasteiger partial charge on any atom is 0.326 e. The highest BCUT2D eigenvalue weighted by atomic mass is 79.9. The first-order valence-electron chi connectivity index (χ1n) is 7.50. The Kier molecular flexibility index (Phi) is 5.09. The molecule has 2 atom stereocenters. The molecule has 118 valence electrons. The van der Waals surface area contributed by atoms with E-state index in [1.165, 1.54) is 7.11 Å². The summed E-state index contributed by atoms with van der Waals surface area (Å²) in [5.74, 6) is -0.158. The van der Waals surface area contributed by atoms with Gasteiger partial charge in [-0.25, -0.2) is 0 Å². The summed E-state index contributed by atoms with van der Waals surface area (Å²) in [6.07, 6.45) is 3.58. The highest BCUT2D eigenvalue weighted by Gasteiger charge is 2.44. The predicted molar refractivity (Wildman–Crippen MR) is 85.3 cm³/mol. The summed E-state index contributed by atoms with van der Waals surface area (Å²) in [7, 11) is 1.46. The minimum atomic E-state index is -0.578. The van der Waals surface area contributed by atoms with E-state index in [0.29, 0.717) is 0 Å². The number of aryl methyl sites for hydroxylation is 1. The Morgan fingerprint density at radius 2 is 2.29 bits per heavy atom. The van der Waals surface area contributed by atoms with Crippen LogP contribution in [-0.4, -0.2) is 34.9 Å². The van der Waals surface area contributed by atoms with E-state index >= 15 is 0 Å². The Balaban J connectivity index is 2.30. The lowest BCUT2D eigenvalue weighted by atomic mass is 9.78. The van der Waals surface area contributed by atoms with Crippen molar-refractivity contribution in [3.63, 3.8) is 0 Å². The third kappa shape index (κ3) is 3.01. The van der Waals surface area contributed by atoms with Crippen LogP contribution in [0.1, 0.15) is 50.0 Å². The molecular weight excluding hydrogens is 334 g/mol. The van der Waals surface area contributed by atoms with E-state index in [2.05, 4.69) is 38.0 Å². The van der Waals surface area contributed by atoms with Gasteiger partial charge in [-0.05, 0) is 62.0 Å². The number of halogens is 1. The molecule has 0 aliphatic heterocycles. The van der Waals surface area contributed by atoms with Gasteiger partial charge in [-0.15, -0.1) is 0 Å². The summed E-state index contributed by atoms with van der Waals surface area (Å²) < 4.78 is 8.17. The fourth-order valence-electron chi connectivity index (χ4n) is 3.40. The number of carbonyl (C=O) groups excluding carboxylic acids is 1. The second-order valence-corrected chi connectivity index (χ2v) is 6.58. The normalized spacial score (nSPS) is 25.9. The molecule has 2 unspecified atom stereocenters. The smallest absolute Gasteiger partial charge is 0.326 e. The third-order valence-corrected chi connectivity index (χ3v) is 5.55. The van der Waals surface area contributed by atoms with E-state index in [1.54, 1.807) is 0 Å². The van der Waals surface area contributed by atoms with E-state index in [-0.39, 0.29) is 12.0 Å². The van der Waals surface area contributed by atoms with Crippen LogP contribution in [0.2, 0.25) is 0 Å². The fraction of sp³-hybridized carbons (Fsp3) is 0.733. The van der Waals surface area contributed by atoms with Gasteiger partial charge in [-0.1, -0.05) is 6.92 Å². The van der Waals surface area contributed by atoms with Crippen molar-refractivity contribution in [2.75, 3.05) is 13.7 Å². The number of carbonyl (C=O) groups is 1. The Morgan fingerprint density at radius 3 is 2.81 bits per heavy atom. The SMILES string of the molecule is CCNC1(C(=O)OC)CCCC(n2nc(C)c(Br)c2C)C1. The van der Waals surface area contributed by atoms with E-state index in [9.17, 15) is 4.79 Å². The van der Waals surface area contributed by atoms with Crippen LogP contribution in [0.25, 0.3) is 0 Å². The van der Waals surface area contributed by atoms with Gasteiger partial charge in [0.25, 0.3) is 0 Å². The van der Waals surface area contributed by atoms with Crippen molar-refractivity contribution in [1.29, 1.82) is 0 Å². The van der Waals surface area contributed by atoms with Gasteiger partial charge in [-0.2, -0.15) is 5.10 Å². The molecule has 1 aromatic rings. The van der Waals surface area contributed by atoms with Crippen LogP contribution < -0.4 is 5.32 Å². The summed E-state index contributed by atoms with van der Waals surface area (Å²) in [5.41, 5.74) is 1.53. The second-order valence-electron chi connectivity index (χ2n) is 5.78. The van der Waals surface area contributed by atoms with Crippen molar-refractivity contribution in [3.05, 3.63) is 15.9 Å². The Bertz CT molecular complexity index is 525. The van der Waals surface area contributed by atoms with Crippen molar-refractivity contribution in [1.82, 2.24) is 15.1 Å². The van der Waals surface area contributed by atoms with Crippen LogP contribution in [-0.2, 0) is 9.53 Å². The highest BCUT2D eigenvalue weighted by Crippen LogP contribution is 2.38. The van der Waals surface area contributed by atoms with Crippen LogP contribution in [0.3, 0.4) is 0 Å². The van der Waals surface area contributed by atoms with Gasteiger partial charge < -0.3 is 10.1 Å². The average Bonchev–Trinajstić information content (AvgIpc) is 2.74. The molecule has 1 fully saturated rings. The molecule has 21 heavy (non-hydrogen) atoms. The number of ether oxygens (including phenoxy) is 1. The number of likely N-dealkylation sites (N-methyl/N-ethyl adjacent to an activating group) is 1. The van der Waals surface area contributed by atoms with E-state index in [1.807, 2.05) is 13.8 Å². The van der Waals surface area contributed by atoms with Crippen molar-refractivity contribution >= 4 is 21.9 Å². The quantitative estimate of drug-likeness (QED) is 0.841. The molecule has 0 saturated heterocycles. The summed E-state index contributed by atoms with van der Waals surface area (Å²) in [4.78, 5) is 12.3. The number of aromatic nitrogens is 2. The molecular formula is C15H24BrN3O2. The molecule has 1 aliphatic carbocycles. The van der Waals surface area contributed by atoms with Crippen molar-refractivity contribution in [2.24, 2.45) is 0 Å². The maximum absolute atomic E-state index is 12.3. The van der Waals surface area contributed by atoms with Crippen LogP contribution in [0.15, 0.2) is 4.47 Å². The molecule has 1 heterocycles. The Hall–Kier alpha value is -0.880. The van der Waals surface area contributed by atoms with E-state index in [4.69, 9.17) is 4.74 Å². The average molecular weight is 358 g/mol. The van der Waals surface area contributed by atoms with Crippen LogP contribution >= 0.6 is 15.9 Å². The summed E-state index contributed by atoms with van der Waals surface area (Å²) in [6, 6.07) is 0.224. The van der Waals surface area contributed by atoms with Gasteiger partial charge in [0, 0.05) is 0 Å². The summed E-state index contributed by atoms with van der Waals surface area (Å²) >= 11 is 3.58. The highest BCUT2D eigenvalue weighted by molar-refractivity contribution is 9.10.